The molecule has 0 aromatic carbocycles. The van der Waals surface area contributed by atoms with E-state index in [9.17, 15) is 4.89 Å². The normalized spacial score (nSPS) is 17.9. The largest absolute Gasteiger partial charge is 0.334 e. The fourth-order valence-electron chi connectivity index (χ4n) is 0.284. The molecule has 0 bridgehead atoms. The lowest BCUT2D eigenvalue weighted by atomic mass is 10.9. The molecule has 3 nitrogen and oxygen atoms in total. The number of nitrogens with zero attached hydrogens (tertiary/aromatic N) is 1. The van der Waals surface area contributed by atoms with Gasteiger partial charge in [-0.2, -0.15) is 0 Å². The summed E-state index contributed by atoms with van der Waals surface area (Å²) in [6.45, 7) is -0.327. The van der Waals surface area contributed by atoms with Crippen molar-refractivity contribution >= 4 is 18.4 Å². The predicted molar refractivity (Wildman–Crippen MR) is 41.8 cm³/mol. The number of hydrogen-bond donors (Lipinski definition) is 1. The van der Waals surface area contributed by atoms with Gasteiger partial charge < -0.3 is 9.42 Å². The smallest absolute Gasteiger partial charge is 0.260 e. The van der Waals surface area contributed by atoms with Gasteiger partial charge in [-0.15, -0.1) is 0 Å². The van der Waals surface area contributed by atoms with Crippen LogP contribution in [-0.4, -0.2) is 30.3 Å². The molecule has 0 fully saturated rings. The van der Waals surface area contributed by atoms with Gasteiger partial charge in [0.25, 0.3) is 6.64 Å². The third-order valence-corrected chi connectivity index (χ3v) is 3.70. The average molecular weight is 169 g/mol. The van der Waals surface area contributed by atoms with Crippen molar-refractivity contribution in [2.45, 2.75) is 6.92 Å². The second-order valence-electron chi connectivity index (χ2n) is 1.76. The molecule has 5 heteroatoms. The van der Waals surface area contributed by atoms with E-state index in [0.717, 1.165) is 0 Å². The molecular weight excluding hydrogens is 157 g/mol. The summed E-state index contributed by atoms with van der Waals surface area (Å²) in [6.07, 6.45) is 0. The van der Waals surface area contributed by atoms with E-state index in [2.05, 4.69) is 0 Å². The summed E-state index contributed by atoms with van der Waals surface area (Å²) in [5, 5.41) is 0. The zero-order valence-electron chi connectivity index (χ0n) is 5.87. The minimum atomic E-state index is -2.60. The van der Waals surface area contributed by atoms with Gasteiger partial charge in [0, 0.05) is 0 Å². The highest BCUT2D eigenvalue weighted by molar-refractivity contribution is 8.08. The number of hydrogen-bond acceptors (Lipinski definition) is 2. The molecule has 0 spiro atoms. The minimum Gasteiger partial charge on any atom is -0.334 e. The Bertz CT molecular complexity index is 128. The standard InChI is InChI=1S/C4H12NO2PS/c1-4-7-8(6,9)5(2)3/h4H2,1-3H3,(H,6,9)/t8-/m1/s1. The summed E-state index contributed by atoms with van der Waals surface area (Å²) >= 11 is 4.74. The van der Waals surface area contributed by atoms with Crippen molar-refractivity contribution in [3.8, 4) is 0 Å². The minimum absolute atomic E-state index is 0.464. The van der Waals surface area contributed by atoms with Crippen molar-refractivity contribution in [3.63, 3.8) is 0 Å². The second-order valence-corrected chi connectivity index (χ2v) is 5.22. The first-order valence-electron chi connectivity index (χ1n) is 2.66. The van der Waals surface area contributed by atoms with Crippen LogP contribution in [0.15, 0.2) is 0 Å². The van der Waals surface area contributed by atoms with Crippen LogP contribution in [0.1, 0.15) is 6.92 Å². The molecule has 0 unspecified atom stereocenters. The molecule has 0 aromatic rings. The quantitative estimate of drug-likeness (QED) is 0.633. The highest BCUT2D eigenvalue weighted by Crippen LogP contribution is 2.43. The lowest BCUT2D eigenvalue weighted by molar-refractivity contribution is 0.290. The molecule has 0 aliphatic carbocycles. The Labute approximate surface area is 60.9 Å². The Morgan fingerprint density at radius 3 is 2.22 bits per heavy atom. The topological polar surface area (TPSA) is 32.7 Å². The fourth-order valence-corrected chi connectivity index (χ4v) is 1.17. The molecule has 0 saturated carbocycles. The van der Waals surface area contributed by atoms with E-state index in [-0.39, 0.29) is 0 Å². The second kappa shape index (κ2) is 3.64. The van der Waals surface area contributed by atoms with E-state index in [0.29, 0.717) is 6.61 Å². The summed E-state index contributed by atoms with van der Waals surface area (Å²) in [7, 11) is 3.41. The average Bonchev–Trinajstić information content (AvgIpc) is 1.65. The number of rotatable bonds is 3. The molecular formula is C4H12NO2PS. The lowest BCUT2D eigenvalue weighted by Crippen LogP contribution is -2.09. The van der Waals surface area contributed by atoms with Gasteiger partial charge in [0.05, 0.1) is 6.61 Å². The van der Waals surface area contributed by atoms with Crippen molar-refractivity contribution in [1.82, 2.24) is 4.67 Å². The Balaban J connectivity index is 3.87. The van der Waals surface area contributed by atoms with Gasteiger partial charge in [-0.25, -0.2) is 4.67 Å². The van der Waals surface area contributed by atoms with Crippen LogP contribution in [0.5, 0.6) is 0 Å². The Kier molecular flexibility index (Phi) is 3.85. The van der Waals surface area contributed by atoms with E-state index in [1.165, 1.54) is 4.67 Å². The van der Waals surface area contributed by atoms with Crippen molar-refractivity contribution in [2.75, 3.05) is 20.7 Å². The van der Waals surface area contributed by atoms with Crippen molar-refractivity contribution in [2.24, 2.45) is 0 Å². The zero-order chi connectivity index (χ0) is 7.49. The van der Waals surface area contributed by atoms with E-state index in [1.807, 2.05) is 0 Å². The van der Waals surface area contributed by atoms with Crippen LogP contribution in [-0.2, 0) is 16.3 Å². The molecule has 1 atom stereocenters. The maximum Gasteiger partial charge on any atom is 0.260 e. The third kappa shape index (κ3) is 3.28. The Hall–Kier alpha value is 0.530. The third-order valence-electron chi connectivity index (χ3n) is 0.803. The molecule has 0 radical (unpaired) electrons. The molecule has 0 aliphatic rings. The predicted octanol–water partition coefficient (Wildman–Crippen LogP) is 0.801. The zero-order valence-corrected chi connectivity index (χ0v) is 7.58. The summed E-state index contributed by atoms with van der Waals surface area (Å²) in [6, 6.07) is 0. The molecule has 56 valence electrons. The molecule has 0 saturated heterocycles. The first-order valence-corrected chi connectivity index (χ1v) is 5.28. The van der Waals surface area contributed by atoms with Gasteiger partial charge in [0.2, 0.25) is 0 Å². The molecule has 0 heterocycles. The summed E-state index contributed by atoms with van der Waals surface area (Å²) in [5.74, 6) is 0. The summed E-state index contributed by atoms with van der Waals surface area (Å²) < 4.78 is 6.43. The van der Waals surface area contributed by atoms with Crippen LogP contribution >= 0.6 is 6.64 Å². The summed E-state index contributed by atoms with van der Waals surface area (Å²) in [4.78, 5) is 9.22. The van der Waals surface area contributed by atoms with Crippen LogP contribution in [0.2, 0.25) is 0 Å². The van der Waals surface area contributed by atoms with Crippen LogP contribution in [0.4, 0.5) is 0 Å². The van der Waals surface area contributed by atoms with Crippen LogP contribution in [0, 0.1) is 0 Å². The van der Waals surface area contributed by atoms with Crippen molar-refractivity contribution < 1.29 is 9.42 Å². The molecule has 0 amide bonds. The first kappa shape index (κ1) is 9.53. The van der Waals surface area contributed by atoms with Crippen molar-refractivity contribution in [1.29, 1.82) is 0 Å². The molecule has 9 heavy (non-hydrogen) atoms. The SMILES string of the molecule is CCO[P@@](O)(=S)N(C)C. The van der Waals surface area contributed by atoms with Crippen LogP contribution in [0.25, 0.3) is 0 Å². The highest BCUT2D eigenvalue weighted by atomic mass is 32.5. The monoisotopic (exact) mass is 169 g/mol. The van der Waals surface area contributed by atoms with E-state index < -0.39 is 6.64 Å². The van der Waals surface area contributed by atoms with Crippen LogP contribution in [0.3, 0.4) is 0 Å². The van der Waals surface area contributed by atoms with Gasteiger partial charge in [0.1, 0.15) is 0 Å². The molecule has 0 rings (SSSR count). The highest BCUT2D eigenvalue weighted by Gasteiger charge is 2.14. The van der Waals surface area contributed by atoms with E-state index >= 15 is 0 Å². The maximum absolute atomic E-state index is 9.22. The molecule has 1 N–H and O–H groups in total. The first-order chi connectivity index (χ1) is 4.00. The Morgan fingerprint density at radius 2 is 2.11 bits per heavy atom. The fraction of sp³-hybridized carbons (Fsp3) is 1.00. The summed E-state index contributed by atoms with van der Waals surface area (Å²) in [5.41, 5.74) is 0. The van der Waals surface area contributed by atoms with Gasteiger partial charge in [0.15, 0.2) is 0 Å². The van der Waals surface area contributed by atoms with Gasteiger partial charge in [-0.05, 0) is 32.8 Å². The molecule has 0 aromatic heterocycles. The lowest BCUT2D eigenvalue weighted by Gasteiger charge is -2.20. The van der Waals surface area contributed by atoms with Gasteiger partial charge in [-0.1, -0.05) is 0 Å². The van der Waals surface area contributed by atoms with Crippen molar-refractivity contribution in [3.05, 3.63) is 0 Å². The molecule has 0 aliphatic heterocycles. The maximum atomic E-state index is 9.22. The van der Waals surface area contributed by atoms with Crippen LogP contribution < -0.4 is 0 Å². The Morgan fingerprint density at radius 1 is 1.67 bits per heavy atom. The van der Waals surface area contributed by atoms with Gasteiger partial charge in [-0.3, -0.25) is 0 Å². The van der Waals surface area contributed by atoms with E-state index in [4.69, 9.17) is 16.3 Å². The van der Waals surface area contributed by atoms with Gasteiger partial charge >= 0.3 is 0 Å². The van der Waals surface area contributed by atoms with E-state index in [1.54, 1.807) is 21.0 Å².